The number of rotatable bonds is 5. The standard InChI is InChI=1S/C19H24N2O4/c1-22-16-7-5-14(6-8-16)18-20-15(13-25-18)12-21-9-3-2-4-17(21)19-23-10-11-24-19/h5-8,13,17,19H,2-4,9-12H2,1H3. The molecule has 0 spiro atoms. The molecule has 2 aliphatic rings. The SMILES string of the molecule is COc1ccc(-c2nc(CN3CCCCC3C3OCCO3)co2)cc1. The van der Waals surface area contributed by atoms with E-state index >= 15 is 0 Å². The van der Waals surface area contributed by atoms with Gasteiger partial charge in [0.25, 0.3) is 0 Å². The Morgan fingerprint density at radius 3 is 2.72 bits per heavy atom. The number of oxazole rings is 1. The molecule has 1 aromatic carbocycles. The van der Waals surface area contributed by atoms with Gasteiger partial charge in [0.1, 0.15) is 12.0 Å². The Morgan fingerprint density at radius 1 is 1.16 bits per heavy atom. The fraction of sp³-hybridized carbons (Fsp3) is 0.526. The van der Waals surface area contributed by atoms with Gasteiger partial charge in [0.05, 0.1) is 32.1 Å². The lowest BCUT2D eigenvalue weighted by Crippen LogP contribution is -2.46. The Hall–Kier alpha value is -1.89. The van der Waals surface area contributed by atoms with Gasteiger partial charge in [-0.2, -0.15) is 0 Å². The third-order valence-electron chi connectivity index (χ3n) is 4.88. The zero-order valence-corrected chi connectivity index (χ0v) is 14.5. The molecule has 25 heavy (non-hydrogen) atoms. The number of nitrogens with zero attached hydrogens (tertiary/aromatic N) is 2. The van der Waals surface area contributed by atoms with Crippen LogP contribution in [0.3, 0.4) is 0 Å². The molecule has 6 heteroatoms. The molecule has 0 amide bonds. The van der Waals surface area contributed by atoms with E-state index < -0.39 is 0 Å². The van der Waals surface area contributed by atoms with Crippen molar-refractivity contribution in [2.24, 2.45) is 0 Å². The van der Waals surface area contributed by atoms with E-state index in [2.05, 4.69) is 9.88 Å². The van der Waals surface area contributed by atoms with E-state index in [4.69, 9.17) is 18.6 Å². The molecule has 4 rings (SSSR count). The molecular formula is C19H24N2O4. The van der Waals surface area contributed by atoms with Crippen molar-refractivity contribution in [1.29, 1.82) is 0 Å². The van der Waals surface area contributed by atoms with Crippen LogP contribution in [-0.4, -0.2) is 49.1 Å². The van der Waals surface area contributed by atoms with E-state index in [9.17, 15) is 0 Å². The average Bonchev–Trinajstić information content (AvgIpc) is 3.34. The molecule has 1 atom stereocenters. The summed E-state index contributed by atoms with van der Waals surface area (Å²) < 4.78 is 22.3. The minimum Gasteiger partial charge on any atom is -0.497 e. The monoisotopic (exact) mass is 344 g/mol. The van der Waals surface area contributed by atoms with Crippen molar-refractivity contribution in [3.8, 4) is 17.2 Å². The van der Waals surface area contributed by atoms with Gasteiger partial charge in [0.15, 0.2) is 6.29 Å². The first-order valence-electron chi connectivity index (χ1n) is 8.89. The van der Waals surface area contributed by atoms with Crippen LogP contribution in [0.5, 0.6) is 5.75 Å². The topological polar surface area (TPSA) is 57.0 Å². The van der Waals surface area contributed by atoms with E-state index in [1.807, 2.05) is 24.3 Å². The zero-order valence-electron chi connectivity index (χ0n) is 14.5. The van der Waals surface area contributed by atoms with Gasteiger partial charge in [-0.15, -0.1) is 0 Å². The van der Waals surface area contributed by atoms with Crippen molar-refractivity contribution in [3.63, 3.8) is 0 Å². The van der Waals surface area contributed by atoms with Crippen molar-refractivity contribution >= 4 is 0 Å². The number of likely N-dealkylation sites (tertiary alicyclic amines) is 1. The summed E-state index contributed by atoms with van der Waals surface area (Å²) in [5, 5.41) is 0. The zero-order chi connectivity index (χ0) is 17.1. The summed E-state index contributed by atoms with van der Waals surface area (Å²) in [6.07, 6.45) is 5.18. The molecule has 1 unspecified atom stereocenters. The molecule has 0 saturated carbocycles. The van der Waals surface area contributed by atoms with Crippen molar-refractivity contribution in [2.75, 3.05) is 26.9 Å². The van der Waals surface area contributed by atoms with Crippen LogP contribution >= 0.6 is 0 Å². The highest BCUT2D eigenvalue weighted by Gasteiger charge is 2.34. The smallest absolute Gasteiger partial charge is 0.226 e. The maximum atomic E-state index is 5.74. The molecule has 3 heterocycles. The van der Waals surface area contributed by atoms with Crippen molar-refractivity contribution in [3.05, 3.63) is 36.2 Å². The Balaban J connectivity index is 1.45. The fourth-order valence-electron chi connectivity index (χ4n) is 3.57. The molecule has 2 fully saturated rings. The van der Waals surface area contributed by atoms with E-state index in [1.165, 1.54) is 12.8 Å². The highest BCUT2D eigenvalue weighted by molar-refractivity contribution is 5.54. The van der Waals surface area contributed by atoms with E-state index in [1.54, 1.807) is 13.4 Å². The number of aromatic nitrogens is 1. The minimum atomic E-state index is -0.103. The van der Waals surface area contributed by atoms with Crippen LogP contribution in [0, 0.1) is 0 Å². The Kier molecular flexibility index (Phi) is 5.01. The van der Waals surface area contributed by atoms with Crippen molar-refractivity contribution in [1.82, 2.24) is 9.88 Å². The lowest BCUT2D eigenvalue weighted by Gasteiger charge is -2.37. The Labute approximate surface area is 147 Å². The molecule has 2 saturated heterocycles. The van der Waals surface area contributed by atoms with Crippen LogP contribution in [0.15, 0.2) is 34.9 Å². The van der Waals surface area contributed by atoms with E-state index in [-0.39, 0.29) is 6.29 Å². The third-order valence-corrected chi connectivity index (χ3v) is 4.88. The lowest BCUT2D eigenvalue weighted by atomic mass is 10.0. The predicted octanol–water partition coefficient (Wildman–Crippen LogP) is 3.08. The number of methoxy groups -OCH3 is 1. The summed E-state index contributed by atoms with van der Waals surface area (Å²) in [7, 11) is 1.66. The van der Waals surface area contributed by atoms with Gasteiger partial charge < -0.3 is 18.6 Å². The van der Waals surface area contributed by atoms with Crippen LogP contribution in [0.2, 0.25) is 0 Å². The average molecular weight is 344 g/mol. The van der Waals surface area contributed by atoms with Gasteiger partial charge in [-0.05, 0) is 43.7 Å². The number of piperidine rings is 1. The fourth-order valence-corrected chi connectivity index (χ4v) is 3.57. The summed E-state index contributed by atoms with van der Waals surface area (Å²) in [6, 6.07) is 8.04. The molecule has 0 N–H and O–H groups in total. The quantitative estimate of drug-likeness (QED) is 0.831. The highest BCUT2D eigenvalue weighted by atomic mass is 16.7. The van der Waals surface area contributed by atoms with E-state index in [0.29, 0.717) is 25.1 Å². The maximum Gasteiger partial charge on any atom is 0.226 e. The summed E-state index contributed by atoms with van der Waals surface area (Å²) in [4.78, 5) is 7.07. The highest BCUT2D eigenvalue weighted by Crippen LogP contribution is 2.27. The van der Waals surface area contributed by atoms with E-state index in [0.717, 1.165) is 36.5 Å². The molecule has 0 bridgehead atoms. The molecule has 2 aromatic rings. The summed E-state index contributed by atoms with van der Waals surface area (Å²) in [6.45, 7) is 3.19. The van der Waals surface area contributed by atoms with Crippen LogP contribution in [0.4, 0.5) is 0 Å². The lowest BCUT2D eigenvalue weighted by molar-refractivity contribution is -0.111. The van der Waals surface area contributed by atoms with Gasteiger partial charge in [-0.25, -0.2) is 4.98 Å². The molecule has 0 radical (unpaired) electrons. The second-order valence-electron chi connectivity index (χ2n) is 6.52. The van der Waals surface area contributed by atoms with Crippen molar-refractivity contribution < 1.29 is 18.6 Å². The number of ether oxygens (including phenoxy) is 3. The second kappa shape index (κ2) is 7.56. The molecule has 1 aromatic heterocycles. The molecule has 0 aliphatic carbocycles. The molecule has 2 aliphatic heterocycles. The van der Waals surface area contributed by atoms with Crippen LogP contribution < -0.4 is 4.74 Å². The Morgan fingerprint density at radius 2 is 1.96 bits per heavy atom. The molecular weight excluding hydrogens is 320 g/mol. The third kappa shape index (κ3) is 3.71. The van der Waals surface area contributed by atoms with Crippen LogP contribution in [-0.2, 0) is 16.0 Å². The van der Waals surface area contributed by atoms with Crippen LogP contribution in [0.25, 0.3) is 11.5 Å². The molecule has 134 valence electrons. The van der Waals surface area contributed by atoms with Gasteiger partial charge in [0, 0.05) is 12.1 Å². The number of hydrogen-bond donors (Lipinski definition) is 0. The van der Waals surface area contributed by atoms with Crippen LogP contribution in [0.1, 0.15) is 25.0 Å². The summed E-state index contributed by atoms with van der Waals surface area (Å²) >= 11 is 0. The minimum absolute atomic E-state index is 0.103. The number of benzene rings is 1. The number of hydrogen-bond acceptors (Lipinski definition) is 6. The largest absolute Gasteiger partial charge is 0.497 e. The summed E-state index contributed by atoms with van der Waals surface area (Å²) in [5.74, 6) is 1.46. The maximum absolute atomic E-state index is 5.74. The molecule has 6 nitrogen and oxygen atoms in total. The first-order chi connectivity index (χ1) is 12.3. The Bertz CT molecular complexity index is 679. The van der Waals surface area contributed by atoms with Gasteiger partial charge in [-0.1, -0.05) is 6.42 Å². The first-order valence-corrected chi connectivity index (χ1v) is 8.89. The van der Waals surface area contributed by atoms with Gasteiger partial charge >= 0.3 is 0 Å². The normalized spacial score (nSPS) is 22.4. The predicted molar refractivity (Wildman–Crippen MR) is 92.2 cm³/mol. The van der Waals surface area contributed by atoms with Gasteiger partial charge in [0.2, 0.25) is 5.89 Å². The van der Waals surface area contributed by atoms with Gasteiger partial charge in [-0.3, -0.25) is 4.90 Å². The second-order valence-corrected chi connectivity index (χ2v) is 6.52. The summed E-state index contributed by atoms with van der Waals surface area (Å²) in [5.41, 5.74) is 1.89. The van der Waals surface area contributed by atoms with Crippen molar-refractivity contribution in [2.45, 2.75) is 38.1 Å². The first kappa shape index (κ1) is 16.6.